The fourth-order valence-corrected chi connectivity index (χ4v) is 4.63. The quantitative estimate of drug-likeness (QED) is 0.245. The van der Waals surface area contributed by atoms with E-state index >= 15 is 0 Å². The van der Waals surface area contributed by atoms with Crippen LogP contribution in [-0.2, 0) is 0 Å². The van der Waals surface area contributed by atoms with E-state index in [4.69, 9.17) is 14.6 Å². The van der Waals surface area contributed by atoms with Gasteiger partial charge in [-0.15, -0.1) is 17.9 Å². The molecule has 33 heavy (non-hydrogen) atoms. The van der Waals surface area contributed by atoms with Crippen molar-refractivity contribution in [2.75, 3.05) is 20.8 Å². The number of rotatable bonds is 7. The molecule has 1 N–H and O–H groups in total. The molecule has 0 aliphatic rings. The number of benzene rings is 3. The third-order valence-electron chi connectivity index (χ3n) is 4.98. The minimum Gasteiger partial charge on any atom is -0.503 e. The standard InChI is InChI=1S/C25H22BrN3O3S/c1-4-9-27-25-29(28-14-16-10-21(26)24(30)23(11-16)32-3)22(15-33-25)19-6-5-18-13-20(31-2)8-7-17(18)12-19/h4-8,10-15,30H,1,9H2,2-3H3. The van der Waals surface area contributed by atoms with Crippen molar-refractivity contribution in [2.45, 2.75) is 0 Å². The average Bonchev–Trinajstić information content (AvgIpc) is 3.25. The van der Waals surface area contributed by atoms with Gasteiger partial charge in [0.15, 0.2) is 11.5 Å². The Morgan fingerprint density at radius 1 is 1.09 bits per heavy atom. The Labute approximate surface area is 203 Å². The highest BCUT2D eigenvalue weighted by atomic mass is 79.9. The van der Waals surface area contributed by atoms with Gasteiger partial charge in [-0.3, -0.25) is 4.99 Å². The van der Waals surface area contributed by atoms with E-state index in [1.807, 2.05) is 28.3 Å². The van der Waals surface area contributed by atoms with Crippen LogP contribution >= 0.6 is 27.3 Å². The molecule has 0 spiro atoms. The zero-order valence-electron chi connectivity index (χ0n) is 18.2. The summed E-state index contributed by atoms with van der Waals surface area (Å²) in [7, 11) is 3.17. The van der Waals surface area contributed by atoms with Crippen LogP contribution in [0.2, 0.25) is 0 Å². The van der Waals surface area contributed by atoms with Crippen molar-refractivity contribution in [1.82, 2.24) is 4.68 Å². The first-order chi connectivity index (χ1) is 16.0. The summed E-state index contributed by atoms with van der Waals surface area (Å²) >= 11 is 4.87. The van der Waals surface area contributed by atoms with E-state index in [0.717, 1.165) is 38.1 Å². The molecule has 1 aromatic heterocycles. The second-order valence-electron chi connectivity index (χ2n) is 7.07. The van der Waals surface area contributed by atoms with Crippen LogP contribution in [-0.4, -0.2) is 36.8 Å². The molecule has 8 heteroatoms. The Kier molecular flexibility index (Phi) is 6.96. The fraction of sp³-hybridized carbons (Fsp3) is 0.120. The lowest BCUT2D eigenvalue weighted by atomic mass is 10.1. The van der Waals surface area contributed by atoms with Crippen LogP contribution < -0.4 is 14.3 Å². The first kappa shape index (κ1) is 22.8. The van der Waals surface area contributed by atoms with Crippen molar-refractivity contribution in [2.24, 2.45) is 10.1 Å². The number of halogens is 1. The zero-order chi connectivity index (χ0) is 23.4. The summed E-state index contributed by atoms with van der Waals surface area (Å²) in [4.78, 5) is 5.34. The number of thiazole rings is 1. The summed E-state index contributed by atoms with van der Waals surface area (Å²) in [5, 5.41) is 19.0. The molecular formula is C25H22BrN3O3S. The van der Waals surface area contributed by atoms with Gasteiger partial charge < -0.3 is 14.6 Å². The minimum absolute atomic E-state index is 0.0491. The van der Waals surface area contributed by atoms with Crippen molar-refractivity contribution < 1.29 is 14.6 Å². The highest BCUT2D eigenvalue weighted by Crippen LogP contribution is 2.35. The van der Waals surface area contributed by atoms with Crippen LogP contribution in [0.4, 0.5) is 0 Å². The lowest BCUT2D eigenvalue weighted by Gasteiger charge is -2.08. The predicted octanol–water partition coefficient (Wildman–Crippen LogP) is 5.82. The minimum atomic E-state index is 0.0491. The third kappa shape index (κ3) is 4.86. The molecule has 0 bridgehead atoms. The Morgan fingerprint density at radius 2 is 1.88 bits per heavy atom. The summed E-state index contributed by atoms with van der Waals surface area (Å²) < 4.78 is 12.9. The topological polar surface area (TPSA) is 68.3 Å². The molecule has 0 amide bonds. The van der Waals surface area contributed by atoms with Crippen molar-refractivity contribution in [1.29, 1.82) is 0 Å². The number of nitrogens with zero attached hydrogens (tertiary/aromatic N) is 3. The Morgan fingerprint density at radius 3 is 2.64 bits per heavy atom. The average molecular weight is 524 g/mol. The van der Waals surface area contributed by atoms with E-state index in [1.54, 1.807) is 31.5 Å². The number of methoxy groups -OCH3 is 2. The Balaban J connectivity index is 1.81. The fourth-order valence-electron chi connectivity index (χ4n) is 3.32. The van der Waals surface area contributed by atoms with Crippen LogP contribution in [0.15, 0.2) is 81.1 Å². The normalized spacial score (nSPS) is 11.9. The van der Waals surface area contributed by atoms with Gasteiger partial charge in [0.1, 0.15) is 5.75 Å². The smallest absolute Gasteiger partial charge is 0.206 e. The maximum Gasteiger partial charge on any atom is 0.206 e. The van der Waals surface area contributed by atoms with E-state index in [1.165, 1.54) is 18.4 Å². The monoisotopic (exact) mass is 523 g/mol. The SMILES string of the molecule is C=CCN=c1scc(-c2ccc3cc(OC)ccc3c2)n1N=Cc1cc(Br)c(O)c(OC)c1. The number of aromatic nitrogens is 1. The third-order valence-corrected chi connectivity index (χ3v) is 6.44. The van der Waals surface area contributed by atoms with Gasteiger partial charge in [0.25, 0.3) is 0 Å². The molecule has 1 heterocycles. The second kappa shape index (κ2) is 10.1. The van der Waals surface area contributed by atoms with Gasteiger partial charge in [0, 0.05) is 10.9 Å². The number of phenolic OH excluding ortho intramolecular Hbond substituents is 1. The molecule has 0 aliphatic heterocycles. The van der Waals surface area contributed by atoms with E-state index in [-0.39, 0.29) is 5.75 Å². The first-order valence-electron chi connectivity index (χ1n) is 10.0. The number of phenols is 1. The molecule has 3 aromatic carbocycles. The number of fused-ring (bicyclic) bond motifs is 1. The lowest BCUT2D eigenvalue weighted by Crippen LogP contribution is -2.12. The molecule has 0 saturated carbocycles. The summed E-state index contributed by atoms with van der Waals surface area (Å²) in [5.74, 6) is 1.24. The molecule has 4 aromatic rings. The largest absolute Gasteiger partial charge is 0.503 e. The van der Waals surface area contributed by atoms with Gasteiger partial charge in [0.2, 0.25) is 4.80 Å². The van der Waals surface area contributed by atoms with E-state index in [9.17, 15) is 5.11 Å². The molecule has 168 valence electrons. The van der Waals surface area contributed by atoms with Crippen molar-refractivity contribution in [3.05, 3.63) is 81.4 Å². The van der Waals surface area contributed by atoms with E-state index in [2.05, 4.69) is 45.7 Å². The van der Waals surface area contributed by atoms with Crippen LogP contribution in [0.5, 0.6) is 17.2 Å². The van der Waals surface area contributed by atoms with Gasteiger partial charge in [0.05, 0.1) is 37.1 Å². The van der Waals surface area contributed by atoms with Crippen LogP contribution in [0, 0.1) is 0 Å². The number of ether oxygens (including phenoxy) is 2. The first-order valence-corrected chi connectivity index (χ1v) is 11.7. The maximum absolute atomic E-state index is 10.1. The van der Waals surface area contributed by atoms with Gasteiger partial charge >= 0.3 is 0 Å². The molecule has 0 unspecified atom stereocenters. The second-order valence-corrected chi connectivity index (χ2v) is 8.76. The van der Waals surface area contributed by atoms with Crippen molar-refractivity contribution in [3.63, 3.8) is 0 Å². The van der Waals surface area contributed by atoms with Crippen molar-refractivity contribution in [3.8, 4) is 28.5 Å². The van der Waals surface area contributed by atoms with Gasteiger partial charge in [-0.25, -0.2) is 4.68 Å². The van der Waals surface area contributed by atoms with Crippen LogP contribution in [0.3, 0.4) is 0 Å². The summed E-state index contributed by atoms with van der Waals surface area (Å²) in [5.41, 5.74) is 2.70. The van der Waals surface area contributed by atoms with Crippen LogP contribution in [0.25, 0.3) is 22.0 Å². The number of aromatic hydroxyl groups is 1. The molecule has 6 nitrogen and oxygen atoms in total. The molecular weight excluding hydrogens is 502 g/mol. The molecule has 0 radical (unpaired) electrons. The van der Waals surface area contributed by atoms with Gasteiger partial charge in [-0.1, -0.05) is 24.3 Å². The van der Waals surface area contributed by atoms with Gasteiger partial charge in [-0.2, -0.15) is 5.10 Å². The maximum atomic E-state index is 10.1. The highest BCUT2D eigenvalue weighted by molar-refractivity contribution is 9.10. The van der Waals surface area contributed by atoms with Crippen molar-refractivity contribution >= 4 is 44.3 Å². The summed E-state index contributed by atoms with van der Waals surface area (Å²) in [6.07, 6.45) is 3.46. The molecule has 0 aliphatic carbocycles. The molecule has 0 saturated heterocycles. The van der Waals surface area contributed by atoms with E-state index in [0.29, 0.717) is 16.8 Å². The Bertz CT molecular complexity index is 1420. The molecule has 0 fully saturated rings. The molecule has 4 rings (SSSR count). The molecule has 0 atom stereocenters. The highest BCUT2D eigenvalue weighted by Gasteiger charge is 2.10. The van der Waals surface area contributed by atoms with Gasteiger partial charge in [-0.05, 0) is 62.6 Å². The zero-order valence-corrected chi connectivity index (χ0v) is 20.6. The van der Waals surface area contributed by atoms with E-state index < -0.39 is 0 Å². The Hall–Kier alpha value is -3.36. The summed E-state index contributed by atoms with van der Waals surface area (Å²) in [6.45, 7) is 4.25. The number of hydrogen-bond acceptors (Lipinski definition) is 6. The van der Waals surface area contributed by atoms with Crippen LogP contribution in [0.1, 0.15) is 5.56 Å². The summed E-state index contributed by atoms with van der Waals surface area (Å²) in [6, 6.07) is 15.8. The predicted molar refractivity (Wildman–Crippen MR) is 138 cm³/mol. The number of hydrogen-bond donors (Lipinski definition) is 1. The lowest BCUT2D eigenvalue weighted by molar-refractivity contribution is 0.372.